The van der Waals surface area contributed by atoms with Crippen LogP contribution in [0, 0.1) is 0 Å². The summed E-state index contributed by atoms with van der Waals surface area (Å²) >= 11 is 0. The van der Waals surface area contributed by atoms with Crippen LogP contribution in [0.25, 0.3) is 0 Å². The van der Waals surface area contributed by atoms with Crippen LogP contribution in [-0.2, 0) is 16.0 Å². The van der Waals surface area contributed by atoms with E-state index in [1.165, 1.54) is 0 Å². The Hall–Kier alpha value is -2.48. The molecule has 8 nitrogen and oxygen atoms in total. The number of rotatable bonds is 5. The van der Waals surface area contributed by atoms with Crippen LogP contribution < -0.4 is 14.8 Å². The summed E-state index contributed by atoms with van der Waals surface area (Å²) in [5.74, 6) is 1.46. The van der Waals surface area contributed by atoms with E-state index in [1.807, 2.05) is 18.2 Å². The van der Waals surface area contributed by atoms with Crippen molar-refractivity contribution in [2.75, 3.05) is 54.1 Å². The van der Waals surface area contributed by atoms with Crippen LogP contribution in [0.3, 0.4) is 0 Å². The van der Waals surface area contributed by atoms with Crippen LogP contribution in [0.4, 0.5) is 4.79 Å². The Morgan fingerprint density at radius 3 is 2.81 bits per heavy atom. The van der Waals surface area contributed by atoms with E-state index < -0.39 is 5.60 Å². The molecule has 2 saturated heterocycles. The van der Waals surface area contributed by atoms with Crippen molar-refractivity contribution in [3.8, 4) is 11.5 Å². The molecule has 1 atom stereocenters. The first-order valence-electron chi connectivity index (χ1n) is 9.08. The van der Waals surface area contributed by atoms with Crippen LogP contribution >= 0.6 is 0 Å². The van der Waals surface area contributed by atoms with Crippen molar-refractivity contribution >= 4 is 11.9 Å². The molecule has 0 aliphatic carbocycles. The van der Waals surface area contributed by atoms with E-state index in [-0.39, 0.29) is 18.5 Å². The van der Waals surface area contributed by atoms with Crippen molar-refractivity contribution in [3.05, 3.63) is 23.8 Å². The Morgan fingerprint density at radius 2 is 2.11 bits per heavy atom. The Balaban J connectivity index is 1.50. The van der Waals surface area contributed by atoms with Crippen LogP contribution in [0.5, 0.6) is 11.5 Å². The van der Waals surface area contributed by atoms with Crippen LogP contribution in [0.1, 0.15) is 12.0 Å². The van der Waals surface area contributed by atoms with Crippen molar-refractivity contribution in [2.45, 2.75) is 18.4 Å². The van der Waals surface area contributed by atoms with E-state index in [2.05, 4.69) is 5.32 Å². The Bertz CT molecular complexity index is 711. The third-order valence-electron chi connectivity index (χ3n) is 5.22. The molecule has 3 amide bonds. The summed E-state index contributed by atoms with van der Waals surface area (Å²) in [5, 5.41) is 2.96. The van der Waals surface area contributed by atoms with Gasteiger partial charge in [0.1, 0.15) is 23.7 Å². The standard InChI is InChI=1S/C19H27N3O5/c1-21-12-19(27-11-17(21)23)7-9-22(13-19)18(24)20-8-6-14-4-5-15(25-2)10-16(14)26-3/h4-5,10H,6-9,11-13H2,1-3H3,(H,20,24)/t19-/m0/s1. The van der Waals surface area contributed by atoms with E-state index >= 15 is 0 Å². The van der Waals surface area contributed by atoms with E-state index in [9.17, 15) is 9.59 Å². The predicted octanol–water partition coefficient (Wildman–Crippen LogP) is 0.889. The lowest BCUT2D eigenvalue weighted by atomic mass is 10.0. The lowest BCUT2D eigenvalue weighted by Crippen LogP contribution is -2.55. The minimum atomic E-state index is -0.431. The molecule has 0 aromatic heterocycles. The number of hydrogen-bond acceptors (Lipinski definition) is 5. The van der Waals surface area contributed by atoms with Gasteiger partial charge in [0.05, 0.1) is 27.3 Å². The van der Waals surface area contributed by atoms with Crippen molar-refractivity contribution in [1.29, 1.82) is 0 Å². The van der Waals surface area contributed by atoms with Crippen LogP contribution in [0.15, 0.2) is 18.2 Å². The molecular formula is C19H27N3O5. The molecule has 27 heavy (non-hydrogen) atoms. The summed E-state index contributed by atoms with van der Waals surface area (Å²) in [5.41, 5.74) is 0.575. The molecule has 148 valence electrons. The van der Waals surface area contributed by atoms with Crippen molar-refractivity contribution in [1.82, 2.24) is 15.1 Å². The highest BCUT2D eigenvalue weighted by Crippen LogP contribution is 2.29. The zero-order chi connectivity index (χ0) is 19.4. The van der Waals surface area contributed by atoms with Gasteiger partial charge in [-0.25, -0.2) is 4.79 Å². The van der Waals surface area contributed by atoms with Gasteiger partial charge in [-0.15, -0.1) is 0 Å². The number of ether oxygens (including phenoxy) is 3. The predicted molar refractivity (Wildman–Crippen MR) is 99.2 cm³/mol. The number of urea groups is 1. The minimum Gasteiger partial charge on any atom is -0.497 e. The van der Waals surface area contributed by atoms with E-state index in [1.54, 1.807) is 31.1 Å². The Morgan fingerprint density at radius 1 is 1.30 bits per heavy atom. The fraction of sp³-hybridized carbons (Fsp3) is 0.579. The molecule has 1 aromatic carbocycles. The van der Waals surface area contributed by atoms with Gasteiger partial charge < -0.3 is 29.3 Å². The lowest BCUT2D eigenvalue weighted by molar-refractivity contribution is -0.158. The van der Waals surface area contributed by atoms with E-state index in [4.69, 9.17) is 14.2 Å². The number of hydrogen-bond donors (Lipinski definition) is 1. The van der Waals surface area contributed by atoms with Gasteiger partial charge in [-0.1, -0.05) is 6.07 Å². The second kappa shape index (κ2) is 8.04. The highest BCUT2D eigenvalue weighted by molar-refractivity contribution is 5.78. The van der Waals surface area contributed by atoms with Gasteiger partial charge >= 0.3 is 6.03 Å². The average molecular weight is 377 g/mol. The lowest BCUT2D eigenvalue weighted by Gasteiger charge is -2.38. The largest absolute Gasteiger partial charge is 0.497 e. The van der Waals surface area contributed by atoms with Gasteiger partial charge in [0, 0.05) is 26.2 Å². The van der Waals surface area contributed by atoms with Crippen LogP contribution in [-0.4, -0.2) is 81.4 Å². The molecule has 0 saturated carbocycles. The maximum atomic E-state index is 12.5. The minimum absolute atomic E-state index is 0.0167. The number of amides is 3. The Kier molecular flexibility index (Phi) is 5.74. The monoisotopic (exact) mass is 377 g/mol. The topological polar surface area (TPSA) is 80.3 Å². The third-order valence-corrected chi connectivity index (χ3v) is 5.22. The summed E-state index contributed by atoms with van der Waals surface area (Å²) in [7, 11) is 5.01. The zero-order valence-electron chi connectivity index (χ0n) is 16.1. The number of morpholine rings is 1. The maximum absolute atomic E-state index is 12.5. The quantitative estimate of drug-likeness (QED) is 0.824. The summed E-state index contributed by atoms with van der Waals surface area (Å²) in [6.45, 7) is 2.24. The molecule has 2 aliphatic rings. The highest BCUT2D eigenvalue weighted by Gasteiger charge is 2.45. The van der Waals surface area contributed by atoms with Gasteiger partial charge in [0.25, 0.3) is 0 Å². The van der Waals surface area contributed by atoms with E-state index in [0.29, 0.717) is 32.6 Å². The molecular weight excluding hydrogens is 350 g/mol. The number of likely N-dealkylation sites (N-methyl/N-ethyl adjacent to an activating group) is 1. The second-order valence-corrected chi connectivity index (χ2v) is 7.05. The van der Waals surface area contributed by atoms with Crippen molar-refractivity contribution in [3.63, 3.8) is 0 Å². The molecule has 0 bridgehead atoms. The van der Waals surface area contributed by atoms with Crippen LogP contribution in [0.2, 0.25) is 0 Å². The first kappa shape index (κ1) is 19.3. The molecule has 0 unspecified atom stereocenters. The van der Waals surface area contributed by atoms with Crippen molar-refractivity contribution in [2.24, 2.45) is 0 Å². The fourth-order valence-corrected chi connectivity index (χ4v) is 3.63. The van der Waals surface area contributed by atoms with Crippen molar-refractivity contribution < 1.29 is 23.8 Å². The fourth-order valence-electron chi connectivity index (χ4n) is 3.63. The molecule has 2 heterocycles. The Labute approximate surface area is 159 Å². The third kappa shape index (κ3) is 4.27. The number of carbonyl (C=O) groups excluding carboxylic acids is 2. The first-order chi connectivity index (χ1) is 13.0. The molecule has 1 spiro atoms. The maximum Gasteiger partial charge on any atom is 0.317 e. The van der Waals surface area contributed by atoms with E-state index in [0.717, 1.165) is 23.5 Å². The second-order valence-electron chi connectivity index (χ2n) is 7.05. The molecule has 8 heteroatoms. The number of nitrogens with one attached hydrogen (secondary N) is 1. The molecule has 1 N–H and O–H groups in total. The molecule has 2 fully saturated rings. The summed E-state index contributed by atoms with van der Waals surface area (Å²) in [6, 6.07) is 5.54. The average Bonchev–Trinajstić information content (AvgIpc) is 3.09. The number of carbonyl (C=O) groups is 2. The number of likely N-dealkylation sites (tertiary alicyclic amines) is 1. The van der Waals surface area contributed by atoms with Gasteiger partial charge in [-0.3, -0.25) is 4.79 Å². The normalized spacial score (nSPS) is 22.3. The smallest absolute Gasteiger partial charge is 0.317 e. The molecule has 1 aromatic rings. The zero-order valence-corrected chi connectivity index (χ0v) is 16.1. The SMILES string of the molecule is COc1ccc(CCNC(=O)N2CC[C@]3(CN(C)C(=O)CO3)C2)c(OC)c1. The highest BCUT2D eigenvalue weighted by atomic mass is 16.5. The number of nitrogens with zero attached hydrogens (tertiary/aromatic N) is 2. The van der Waals surface area contributed by atoms with Gasteiger partial charge in [-0.2, -0.15) is 0 Å². The summed E-state index contributed by atoms with van der Waals surface area (Å²) < 4.78 is 16.4. The molecule has 0 radical (unpaired) electrons. The molecule has 3 rings (SSSR count). The summed E-state index contributed by atoms with van der Waals surface area (Å²) in [6.07, 6.45) is 1.40. The van der Waals surface area contributed by atoms with Gasteiger partial charge in [0.15, 0.2) is 0 Å². The van der Waals surface area contributed by atoms with Gasteiger partial charge in [0.2, 0.25) is 5.91 Å². The van der Waals surface area contributed by atoms with Gasteiger partial charge in [-0.05, 0) is 24.5 Å². The molecule has 2 aliphatic heterocycles. The first-order valence-corrected chi connectivity index (χ1v) is 9.08. The number of methoxy groups -OCH3 is 2. The number of benzene rings is 1. The summed E-state index contributed by atoms with van der Waals surface area (Å²) in [4.78, 5) is 27.5.